The lowest BCUT2D eigenvalue weighted by Crippen LogP contribution is -2.11. The van der Waals surface area contributed by atoms with E-state index >= 15 is 0 Å². The van der Waals surface area contributed by atoms with Crippen molar-refractivity contribution in [1.82, 2.24) is 25.0 Å². The van der Waals surface area contributed by atoms with Gasteiger partial charge in [-0.25, -0.2) is 23.4 Å². The molecule has 2 heterocycles. The first kappa shape index (κ1) is 16.5. The molecule has 0 saturated carbocycles. The fourth-order valence-electron chi connectivity index (χ4n) is 2.23. The third-order valence-electron chi connectivity index (χ3n) is 3.28. The highest BCUT2D eigenvalue weighted by Crippen LogP contribution is 2.28. The number of ether oxygens (including phenoxy) is 1. The van der Waals surface area contributed by atoms with Gasteiger partial charge in [0.1, 0.15) is 11.0 Å². The van der Waals surface area contributed by atoms with Crippen molar-refractivity contribution >= 4 is 22.6 Å². The second-order valence-electron chi connectivity index (χ2n) is 5.40. The molecular formula is C15H14ClF2N5O. The van der Waals surface area contributed by atoms with Gasteiger partial charge in [-0.1, -0.05) is 22.9 Å². The van der Waals surface area contributed by atoms with Crippen LogP contribution in [0.5, 0.6) is 11.8 Å². The lowest BCUT2D eigenvalue weighted by molar-refractivity contribution is 0.00975. The van der Waals surface area contributed by atoms with Crippen LogP contribution in [-0.2, 0) is 6.54 Å². The molecule has 0 radical (unpaired) electrons. The van der Waals surface area contributed by atoms with Gasteiger partial charge in [0.15, 0.2) is 5.75 Å². The summed E-state index contributed by atoms with van der Waals surface area (Å²) in [5, 5.41) is 8.44. The average molecular weight is 354 g/mol. The Morgan fingerprint density at radius 2 is 2.00 bits per heavy atom. The number of rotatable bonds is 6. The first-order valence-corrected chi connectivity index (χ1v) is 7.66. The Morgan fingerprint density at radius 3 is 2.71 bits per heavy atom. The molecule has 3 rings (SSSR count). The van der Waals surface area contributed by atoms with Gasteiger partial charge in [-0.15, -0.1) is 5.10 Å². The van der Waals surface area contributed by atoms with Gasteiger partial charge in [-0.2, -0.15) is 0 Å². The van der Waals surface area contributed by atoms with Crippen molar-refractivity contribution in [1.29, 1.82) is 0 Å². The maximum Gasteiger partial charge on any atom is 0.322 e. The van der Waals surface area contributed by atoms with Crippen molar-refractivity contribution in [2.24, 2.45) is 0 Å². The van der Waals surface area contributed by atoms with Crippen molar-refractivity contribution in [2.75, 3.05) is 0 Å². The van der Waals surface area contributed by atoms with Gasteiger partial charge < -0.3 is 4.74 Å². The molecule has 24 heavy (non-hydrogen) atoms. The minimum Gasteiger partial charge on any atom is -0.422 e. The number of para-hydroxylation sites is 1. The number of benzene rings is 1. The maximum atomic E-state index is 13.0. The molecule has 0 N–H and O–H groups in total. The first-order chi connectivity index (χ1) is 11.4. The highest BCUT2D eigenvalue weighted by molar-refractivity contribution is 6.30. The van der Waals surface area contributed by atoms with Crippen LogP contribution in [0.4, 0.5) is 8.78 Å². The molecule has 0 bridgehead atoms. The number of halogens is 3. The van der Waals surface area contributed by atoms with Crippen molar-refractivity contribution in [2.45, 2.75) is 32.2 Å². The number of aromatic nitrogens is 5. The molecule has 0 aliphatic rings. The molecule has 0 unspecified atom stereocenters. The van der Waals surface area contributed by atoms with E-state index in [2.05, 4.69) is 20.3 Å². The van der Waals surface area contributed by atoms with Crippen LogP contribution in [-0.4, -0.2) is 30.9 Å². The minimum atomic E-state index is -2.70. The van der Waals surface area contributed by atoms with E-state index in [9.17, 15) is 8.78 Å². The van der Waals surface area contributed by atoms with E-state index in [4.69, 9.17) is 16.3 Å². The van der Waals surface area contributed by atoms with Crippen LogP contribution in [0.25, 0.3) is 11.0 Å². The quantitative estimate of drug-likeness (QED) is 0.667. The van der Waals surface area contributed by atoms with Gasteiger partial charge in [-0.05, 0) is 25.5 Å². The zero-order chi connectivity index (χ0) is 17.2. The van der Waals surface area contributed by atoms with Crippen LogP contribution >= 0.6 is 11.6 Å². The summed E-state index contributed by atoms with van der Waals surface area (Å²) in [6.45, 7) is 1.21. The molecule has 0 aliphatic heterocycles. The molecule has 0 saturated heterocycles. The van der Waals surface area contributed by atoms with Gasteiger partial charge in [-0.3, -0.25) is 0 Å². The number of fused-ring (bicyclic) bond motifs is 1. The molecular weight excluding hydrogens is 340 g/mol. The maximum absolute atomic E-state index is 13.0. The van der Waals surface area contributed by atoms with E-state index in [1.165, 1.54) is 12.4 Å². The summed E-state index contributed by atoms with van der Waals surface area (Å²) in [6.07, 6.45) is 2.89. The van der Waals surface area contributed by atoms with Crippen LogP contribution in [0.3, 0.4) is 0 Å². The summed E-state index contributed by atoms with van der Waals surface area (Å²) in [4.78, 5) is 7.95. The van der Waals surface area contributed by atoms with Crippen molar-refractivity contribution in [3.63, 3.8) is 0 Å². The molecule has 1 aromatic carbocycles. The topological polar surface area (TPSA) is 65.7 Å². The van der Waals surface area contributed by atoms with E-state index in [1.807, 2.05) is 0 Å². The molecule has 2 aromatic heterocycles. The van der Waals surface area contributed by atoms with E-state index in [1.54, 1.807) is 22.9 Å². The number of hydrogen-bond acceptors (Lipinski definition) is 5. The van der Waals surface area contributed by atoms with E-state index in [0.29, 0.717) is 28.4 Å². The third-order valence-corrected chi connectivity index (χ3v) is 3.47. The van der Waals surface area contributed by atoms with Gasteiger partial charge in [0.2, 0.25) is 5.92 Å². The summed E-state index contributed by atoms with van der Waals surface area (Å²) >= 11 is 5.75. The normalized spacial score (nSPS) is 11.8. The highest BCUT2D eigenvalue weighted by atomic mass is 35.5. The van der Waals surface area contributed by atoms with Crippen molar-refractivity contribution < 1.29 is 13.5 Å². The Hall–Kier alpha value is -2.35. The summed E-state index contributed by atoms with van der Waals surface area (Å²) in [5.41, 5.74) is 1.21. The Labute approximate surface area is 141 Å². The SMILES string of the molecule is CC(F)(F)CCCn1nnc2cccc(Oc3ncc(Cl)cn3)c21. The Morgan fingerprint density at radius 1 is 1.25 bits per heavy atom. The number of hydrogen-bond donors (Lipinski definition) is 0. The van der Waals surface area contributed by atoms with Crippen molar-refractivity contribution in [3.05, 3.63) is 35.6 Å². The molecule has 6 nitrogen and oxygen atoms in total. The molecule has 126 valence electrons. The van der Waals surface area contributed by atoms with E-state index in [0.717, 1.165) is 6.92 Å². The van der Waals surface area contributed by atoms with Crippen LogP contribution in [0.15, 0.2) is 30.6 Å². The van der Waals surface area contributed by atoms with E-state index in [-0.39, 0.29) is 18.9 Å². The standard InChI is InChI=1S/C15H14ClF2N5O/c1-15(17,18)6-3-7-23-13-11(21-22-23)4-2-5-12(13)24-14-19-8-10(16)9-20-14/h2,4-5,8-9H,3,6-7H2,1H3. The molecule has 0 fully saturated rings. The van der Waals surface area contributed by atoms with E-state index < -0.39 is 5.92 Å². The highest BCUT2D eigenvalue weighted by Gasteiger charge is 2.20. The summed E-state index contributed by atoms with van der Waals surface area (Å²) in [5.74, 6) is -2.25. The smallest absolute Gasteiger partial charge is 0.322 e. The Bertz CT molecular complexity index is 832. The second kappa shape index (κ2) is 6.64. The zero-order valence-corrected chi connectivity index (χ0v) is 13.5. The van der Waals surface area contributed by atoms with Crippen LogP contribution in [0, 0.1) is 0 Å². The molecule has 9 heteroatoms. The molecule has 0 aliphatic carbocycles. The Balaban J connectivity index is 1.85. The molecule has 0 atom stereocenters. The monoisotopic (exact) mass is 353 g/mol. The van der Waals surface area contributed by atoms with Crippen LogP contribution in [0.2, 0.25) is 5.02 Å². The third kappa shape index (κ3) is 3.94. The fraction of sp³-hybridized carbons (Fsp3) is 0.333. The van der Waals surface area contributed by atoms with Gasteiger partial charge in [0, 0.05) is 13.0 Å². The fourth-order valence-corrected chi connectivity index (χ4v) is 2.32. The number of nitrogens with zero attached hydrogens (tertiary/aromatic N) is 5. The predicted molar refractivity (Wildman–Crippen MR) is 84.5 cm³/mol. The van der Waals surface area contributed by atoms with Gasteiger partial charge in [0.25, 0.3) is 0 Å². The summed E-state index contributed by atoms with van der Waals surface area (Å²) < 4.78 is 33.1. The molecule has 0 amide bonds. The molecule has 0 spiro atoms. The minimum absolute atomic E-state index is 0.125. The number of alkyl halides is 2. The first-order valence-electron chi connectivity index (χ1n) is 7.28. The predicted octanol–water partition coefficient (Wildman–Crippen LogP) is 4.10. The summed E-state index contributed by atoms with van der Waals surface area (Å²) in [7, 11) is 0. The van der Waals surface area contributed by atoms with Crippen molar-refractivity contribution in [3.8, 4) is 11.8 Å². The lowest BCUT2D eigenvalue weighted by Gasteiger charge is -2.10. The average Bonchev–Trinajstić information content (AvgIpc) is 2.93. The lowest BCUT2D eigenvalue weighted by atomic mass is 10.2. The summed E-state index contributed by atoms with van der Waals surface area (Å²) in [6, 6.07) is 5.37. The largest absolute Gasteiger partial charge is 0.422 e. The molecule has 3 aromatic rings. The van der Waals surface area contributed by atoms with Crippen LogP contribution < -0.4 is 4.74 Å². The van der Waals surface area contributed by atoms with Crippen LogP contribution in [0.1, 0.15) is 19.8 Å². The Kier molecular flexibility index (Phi) is 4.57. The number of aryl methyl sites for hydroxylation is 1. The van der Waals surface area contributed by atoms with Gasteiger partial charge >= 0.3 is 6.01 Å². The van der Waals surface area contributed by atoms with Gasteiger partial charge in [0.05, 0.1) is 17.4 Å². The second-order valence-corrected chi connectivity index (χ2v) is 5.83. The zero-order valence-electron chi connectivity index (χ0n) is 12.8.